The normalized spacial score (nSPS) is 26.8. The molecule has 1 heterocycles. The van der Waals surface area contributed by atoms with Gasteiger partial charge >= 0.3 is 0 Å². The van der Waals surface area contributed by atoms with Crippen LogP contribution >= 0.6 is 0 Å². The van der Waals surface area contributed by atoms with Crippen LogP contribution in [0.3, 0.4) is 0 Å². The molecule has 0 bridgehead atoms. The molecule has 0 aromatic heterocycles. The summed E-state index contributed by atoms with van der Waals surface area (Å²) < 4.78 is 0. The average Bonchev–Trinajstić information content (AvgIpc) is 2.44. The zero-order chi connectivity index (χ0) is 12.3. The fraction of sp³-hybridized carbons (Fsp3) is 0.600. The van der Waals surface area contributed by atoms with Crippen LogP contribution < -0.4 is 0 Å². The molecule has 0 amide bonds. The van der Waals surface area contributed by atoms with Crippen molar-refractivity contribution in [3.05, 3.63) is 35.4 Å². The van der Waals surface area contributed by atoms with E-state index in [1.807, 2.05) is 6.92 Å². The van der Waals surface area contributed by atoms with Crippen molar-refractivity contribution in [1.29, 1.82) is 0 Å². The topological polar surface area (TPSA) is 23.5 Å². The first kappa shape index (κ1) is 12.6. The van der Waals surface area contributed by atoms with Gasteiger partial charge in [0, 0.05) is 13.1 Å². The Kier molecular flexibility index (Phi) is 3.85. The van der Waals surface area contributed by atoms with Gasteiger partial charge in [0.15, 0.2) is 0 Å². The van der Waals surface area contributed by atoms with Gasteiger partial charge < -0.3 is 5.11 Å². The number of hydrogen-bond acceptors (Lipinski definition) is 2. The third kappa shape index (κ3) is 3.83. The van der Waals surface area contributed by atoms with Crippen LogP contribution in [0, 0.1) is 6.92 Å². The van der Waals surface area contributed by atoms with Gasteiger partial charge in [-0.1, -0.05) is 29.8 Å². The smallest absolute Gasteiger partial charge is 0.0632 e. The highest BCUT2D eigenvalue weighted by Crippen LogP contribution is 2.22. The summed E-state index contributed by atoms with van der Waals surface area (Å²) in [5.41, 5.74) is 2.23. The summed E-state index contributed by atoms with van der Waals surface area (Å²) in [4.78, 5) is 2.45. The third-order valence-electron chi connectivity index (χ3n) is 3.68. The van der Waals surface area contributed by atoms with Crippen molar-refractivity contribution >= 4 is 0 Å². The molecular weight excluding hydrogens is 210 g/mol. The number of nitrogens with zero attached hydrogens (tertiary/aromatic N) is 1. The molecule has 1 aliphatic heterocycles. The van der Waals surface area contributed by atoms with Gasteiger partial charge in [0.1, 0.15) is 0 Å². The van der Waals surface area contributed by atoms with E-state index < -0.39 is 5.60 Å². The van der Waals surface area contributed by atoms with Crippen molar-refractivity contribution in [3.8, 4) is 0 Å². The van der Waals surface area contributed by atoms with E-state index >= 15 is 0 Å². The maximum atomic E-state index is 10.0. The maximum Gasteiger partial charge on any atom is 0.0632 e. The lowest BCUT2D eigenvalue weighted by molar-refractivity contribution is 0.0444. The Labute approximate surface area is 104 Å². The van der Waals surface area contributed by atoms with E-state index in [4.69, 9.17) is 0 Å². The molecule has 2 rings (SSSR count). The van der Waals surface area contributed by atoms with Crippen LogP contribution in [0.5, 0.6) is 0 Å². The van der Waals surface area contributed by atoms with Crippen LogP contribution in [-0.2, 0) is 6.54 Å². The van der Waals surface area contributed by atoms with Gasteiger partial charge in [0.2, 0.25) is 0 Å². The zero-order valence-electron chi connectivity index (χ0n) is 10.9. The summed E-state index contributed by atoms with van der Waals surface area (Å²) in [5.74, 6) is 0. The second kappa shape index (κ2) is 5.19. The Bertz CT molecular complexity index is 356. The lowest BCUT2D eigenvalue weighted by Crippen LogP contribution is -2.28. The Balaban J connectivity index is 1.93. The molecule has 94 valence electrons. The Morgan fingerprint density at radius 3 is 2.59 bits per heavy atom. The monoisotopic (exact) mass is 233 g/mol. The molecule has 2 nitrogen and oxygen atoms in total. The minimum Gasteiger partial charge on any atom is -0.390 e. The zero-order valence-corrected chi connectivity index (χ0v) is 10.9. The first-order valence-corrected chi connectivity index (χ1v) is 6.55. The molecule has 1 fully saturated rings. The highest BCUT2D eigenvalue weighted by atomic mass is 16.3. The van der Waals surface area contributed by atoms with Crippen LogP contribution in [0.25, 0.3) is 0 Å². The van der Waals surface area contributed by atoms with E-state index in [2.05, 4.69) is 36.1 Å². The molecule has 1 aliphatic rings. The fourth-order valence-corrected chi connectivity index (χ4v) is 2.43. The van der Waals surface area contributed by atoms with Crippen molar-refractivity contribution in [2.75, 3.05) is 13.1 Å². The van der Waals surface area contributed by atoms with Gasteiger partial charge in [-0.3, -0.25) is 4.90 Å². The lowest BCUT2D eigenvalue weighted by Gasteiger charge is -2.22. The fourth-order valence-electron chi connectivity index (χ4n) is 2.43. The lowest BCUT2D eigenvalue weighted by atomic mass is 9.98. The van der Waals surface area contributed by atoms with E-state index in [0.717, 1.165) is 38.9 Å². The number of rotatable bonds is 2. The molecule has 0 radical (unpaired) electrons. The van der Waals surface area contributed by atoms with E-state index in [0.29, 0.717) is 0 Å². The third-order valence-corrected chi connectivity index (χ3v) is 3.68. The van der Waals surface area contributed by atoms with Crippen molar-refractivity contribution in [2.45, 2.75) is 45.3 Å². The van der Waals surface area contributed by atoms with Gasteiger partial charge in [0.05, 0.1) is 5.60 Å². The van der Waals surface area contributed by atoms with Crippen LogP contribution in [-0.4, -0.2) is 28.7 Å². The van der Waals surface area contributed by atoms with E-state index in [9.17, 15) is 5.11 Å². The van der Waals surface area contributed by atoms with E-state index in [-0.39, 0.29) is 0 Å². The number of aryl methyl sites for hydroxylation is 1. The second-order valence-corrected chi connectivity index (χ2v) is 5.61. The Morgan fingerprint density at radius 1 is 1.18 bits per heavy atom. The van der Waals surface area contributed by atoms with Crippen LogP contribution in [0.15, 0.2) is 24.3 Å². The molecule has 0 spiro atoms. The minimum absolute atomic E-state index is 0.456. The van der Waals surface area contributed by atoms with Crippen LogP contribution in [0.2, 0.25) is 0 Å². The SMILES string of the molecule is Cc1ccc(CN2CCCC(C)(O)CC2)cc1. The molecule has 1 atom stereocenters. The molecule has 1 aromatic carbocycles. The van der Waals surface area contributed by atoms with Crippen molar-refractivity contribution < 1.29 is 5.11 Å². The number of aliphatic hydroxyl groups is 1. The molecule has 1 N–H and O–H groups in total. The predicted octanol–water partition coefficient (Wildman–Crippen LogP) is 2.73. The number of likely N-dealkylation sites (tertiary alicyclic amines) is 1. The molecule has 17 heavy (non-hydrogen) atoms. The van der Waals surface area contributed by atoms with Crippen molar-refractivity contribution in [2.24, 2.45) is 0 Å². The Hall–Kier alpha value is -0.860. The minimum atomic E-state index is -0.456. The predicted molar refractivity (Wildman–Crippen MR) is 70.9 cm³/mol. The molecule has 1 unspecified atom stereocenters. The van der Waals surface area contributed by atoms with Gasteiger partial charge in [-0.05, 0) is 45.2 Å². The van der Waals surface area contributed by atoms with Crippen LogP contribution in [0.1, 0.15) is 37.3 Å². The first-order valence-electron chi connectivity index (χ1n) is 6.55. The molecule has 2 heteroatoms. The first-order chi connectivity index (χ1) is 8.05. The van der Waals surface area contributed by atoms with Crippen molar-refractivity contribution in [1.82, 2.24) is 4.90 Å². The number of hydrogen-bond donors (Lipinski definition) is 1. The van der Waals surface area contributed by atoms with Gasteiger partial charge in [-0.2, -0.15) is 0 Å². The molecular formula is C15H23NO. The molecule has 1 saturated heterocycles. The Morgan fingerprint density at radius 2 is 1.88 bits per heavy atom. The summed E-state index contributed by atoms with van der Waals surface area (Å²) in [7, 11) is 0. The summed E-state index contributed by atoms with van der Waals surface area (Å²) in [6, 6.07) is 8.75. The summed E-state index contributed by atoms with van der Waals surface area (Å²) >= 11 is 0. The van der Waals surface area contributed by atoms with Crippen LogP contribution in [0.4, 0.5) is 0 Å². The van der Waals surface area contributed by atoms with Gasteiger partial charge in [-0.15, -0.1) is 0 Å². The summed E-state index contributed by atoms with van der Waals surface area (Å²) in [6.07, 6.45) is 2.91. The standard InChI is InChI=1S/C15H23NO/c1-13-4-6-14(7-5-13)12-16-10-3-8-15(2,17)9-11-16/h4-7,17H,3,8-12H2,1-2H3. The summed E-state index contributed by atoms with van der Waals surface area (Å²) in [5, 5.41) is 10.0. The largest absolute Gasteiger partial charge is 0.390 e. The van der Waals surface area contributed by atoms with Gasteiger partial charge in [0.25, 0.3) is 0 Å². The quantitative estimate of drug-likeness (QED) is 0.849. The summed E-state index contributed by atoms with van der Waals surface area (Å²) in [6.45, 7) is 7.19. The van der Waals surface area contributed by atoms with E-state index in [1.54, 1.807) is 0 Å². The van der Waals surface area contributed by atoms with E-state index in [1.165, 1.54) is 11.1 Å². The average molecular weight is 233 g/mol. The number of benzene rings is 1. The molecule has 0 saturated carbocycles. The second-order valence-electron chi connectivity index (χ2n) is 5.61. The highest BCUT2D eigenvalue weighted by Gasteiger charge is 2.24. The van der Waals surface area contributed by atoms with Crippen molar-refractivity contribution in [3.63, 3.8) is 0 Å². The molecule has 1 aromatic rings. The van der Waals surface area contributed by atoms with Gasteiger partial charge in [-0.25, -0.2) is 0 Å². The highest BCUT2D eigenvalue weighted by molar-refractivity contribution is 5.21. The maximum absolute atomic E-state index is 10.0. The molecule has 0 aliphatic carbocycles.